The molecule has 0 aromatic heterocycles. The molecule has 0 amide bonds. The molecule has 1 atom stereocenters. The highest BCUT2D eigenvalue weighted by Crippen LogP contribution is 2.23. The fourth-order valence-corrected chi connectivity index (χ4v) is 2.29. The Kier molecular flexibility index (Phi) is 4.62. The van der Waals surface area contributed by atoms with Gasteiger partial charge < -0.3 is 15.2 Å². The predicted octanol–water partition coefficient (Wildman–Crippen LogP) is 1.33. The molecule has 20 heavy (non-hydrogen) atoms. The molecule has 0 bridgehead atoms. The van der Waals surface area contributed by atoms with Gasteiger partial charge in [-0.15, -0.1) is 0 Å². The molecule has 0 radical (unpaired) electrons. The van der Waals surface area contributed by atoms with Gasteiger partial charge in [-0.2, -0.15) is 0 Å². The molecule has 0 aliphatic carbocycles. The Bertz CT molecular complexity index is 478. The van der Waals surface area contributed by atoms with Crippen LogP contribution in [0.25, 0.3) is 0 Å². The van der Waals surface area contributed by atoms with Crippen molar-refractivity contribution >= 4 is 5.97 Å². The van der Waals surface area contributed by atoms with Crippen LogP contribution in [0.15, 0.2) is 24.3 Å². The van der Waals surface area contributed by atoms with E-state index < -0.39 is 11.5 Å². The third kappa shape index (κ3) is 3.29. The molecule has 2 rings (SSSR count). The van der Waals surface area contributed by atoms with E-state index in [1.165, 1.54) is 0 Å². The minimum atomic E-state index is -0.882. The van der Waals surface area contributed by atoms with Gasteiger partial charge in [-0.05, 0) is 26.5 Å². The number of hydrogen-bond donors (Lipinski definition) is 2. The van der Waals surface area contributed by atoms with Crippen molar-refractivity contribution in [3.63, 3.8) is 0 Å². The third-order valence-electron chi connectivity index (χ3n) is 3.98. The topological polar surface area (TPSA) is 61.8 Å². The van der Waals surface area contributed by atoms with E-state index in [4.69, 9.17) is 4.74 Å². The van der Waals surface area contributed by atoms with Gasteiger partial charge in [0.2, 0.25) is 0 Å². The molecule has 1 aliphatic heterocycles. The van der Waals surface area contributed by atoms with Crippen molar-refractivity contribution in [3.8, 4) is 5.75 Å². The van der Waals surface area contributed by atoms with E-state index in [1.807, 2.05) is 18.2 Å². The number of carboxylic acids is 1. The van der Waals surface area contributed by atoms with E-state index in [-0.39, 0.29) is 0 Å². The van der Waals surface area contributed by atoms with Crippen LogP contribution in [0.3, 0.4) is 0 Å². The predicted molar refractivity (Wildman–Crippen MR) is 76.9 cm³/mol. The fourth-order valence-electron chi connectivity index (χ4n) is 2.29. The Labute approximate surface area is 119 Å². The summed E-state index contributed by atoms with van der Waals surface area (Å²) in [5.41, 5.74) is 0.277. The number of fused-ring (bicyclic) bond motifs is 1. The van der Waals surface area contributed by atoms with Crippen LogP contribution < -0.4 is 10.1 Å². The highest BCUT2D eigenvalue weighted by molar-refractivity contribution is 5.78. The number of aliphatic carboxylic acids is 1. The molecule has 0 saturated carbocycles. The summed E-state index contributed by atoms with van der Waals surface area (Å²) in [6.07, 6.45) is 0.557. The molecule has 2 N–H and O–H groups in total. The summed E-state index contributed by atoms with van der Waals surface area (Å²) in [5, 5.41) is 12.2. The van der Waals surface area contributed by atoms with Crippen molar-refractivity contribution in [3.05, 3.63) is 29.8 Å². The first-order valence-corrected chi connectivity index (χ1v) is 6.90. The van der Waals surface area contributed by atoms with Gasteiger partial charge in [-0.3, -0.25) is 9.69 Å². The Morgan fingerprint density at radius 1 is 1.50 bits per heavy atom. The summed E-state index contributed by atoms with van der Waals surface area (Å²) in [5.74, 6) is 0.121. The lowest BCUT2D eigenvalue weighted by molar-refractivity contribution is -0.144. The Morgan fingerprint density at radius 3 is 2.95 bits per heavy atom. The van der Waals surface area contributed by atoms with Crippen molar-refractivity contribution in [2.75, 3.05) is 26.7 Å². The Balaban J connectivity index is 1.99. The number of hydrogen-bond acceptors (Lipinski definition) is 4. The highest BCUT2D eigenvalue weighted by Gasteiger charge is 2.31. The maximum absolute atomic E-state index is 11.3. The summed E-state index contributed by atoms with van der Waals surface area (Å²) in [7, 11) is 1.69. The Hall–Kier alpha value is -1.59. The molecule has 1 unspecified atom stereocenters. The lowest BCUT2D eigenvalue weighted by Gasteiger charge is -2.28. The van der Waals surface area contributed by atoms with Crippen LogP contribution in [0.5, 0.6) is 5.75 Å². The number of rotatable bonds is 5. The van der Waals surface area contributed by atoms with E-state index in [1.54, 1.807) is 14.0 Å². The minimum Gasteiger partial charge on any atom is -0.492 e. The second kappa shape index (κ2) is 6.24. The summed E-state index contributed by atoms with van der Waals surface area (Å²) in [6, 6.07) is 8.01. The van der Waals surface area contributed by atoms with Gasteiger partial charge in [0, 0.05) is 25.2 Å². The van der Waals surface area contributed by atoms with Crippen molar-refractivity contribution < 1.29 is 14.6 Å². The van der Waals surface area contributed by atoms with Crippen molar-refractivity contribution in [1.82, 2.24) is 10.2 Å². The van der Waals surface area contributed by atoms with Gasteiger partial charge in [0.25, 0.3) is 0 Å². The number of para-hydroxylation sites is 1. The zero-order valence-corrected chi connectivity index (χ0v) is 12.1. The van der Waals surface area contributed by atoms with E-state index in [0.29, 0.717) is 13.0 Å². The second-order valence-corrected chi connectivity index (χ2v) is 5.37. The number of carbonyl (C=O) groups is 1. The fraction of sp³-hybridized carbons (Fsp3) is 0.533. The molecule has 110 valence electrons. The summed E-state index contributed by atoms with van der Waals surface area (Å²) < 4.78 is 5.71. The van der Waals surface area contributed by atoms with E-state index in [2.05, 4.69) is 16.3 Å². The zero-order valence-electron chi connectivity index (χ0n) is 12.1. The average Bonchev–Trinajstić information content (AvgIpc) is 2.66. The molecular formula is C15H22N2O3. The van der Waals surface area contributed by atoms with Crippen LogP contribution in [0.2, 0.25) is 0 Å². The molecule has 1 aromatic carbocycles. The normalized spacial score (nSPS) is 18.5. The monoisotopic (exact) mass is 278 g/mol. The van der Waals surface area contributed by atoms with Crippen LogP contribution in [-0.4, -0.2) is 48.3 Å². The first-order valence-electron chi connectivity index (χ1n) is 6.90. The van der Waals surface area contributed by atoms with Crippen LogP contribution in [-0.2, 0) is 11.3 Å². The smallest absolute Gasteiger partial charge is 0.323 e. The first kappa shape index (κ1) is 14.8. The molecule has 0 spiro atoms. The van der Waals surface area contributed by atoms with Gasteiger partial charge >= 0.3 is 5.97 Å². The van der Waals surface area contributed by atoms with Crippen LogP contribution in [0.1, 0.15) is 18.9 Å². The quantitative estimate of drug-likeness (QED) is 0.851. The number of benzene rings is 1. The summed E-state index contributed by atoms with van der Waals surface area (Å²) in [6.45, 7) is 4.70. The molecule has 1 heterocycles. The van der Waals surface area contributed by atoms with Gasteiger partial charge in [-0.25, -0.2) is 0 Å². The number of nitrogens with zero attached hydrogens (tertiary/aromatic N) is 1. The number of carboxylic acid groups (broad SMARTS) is 1. The van der Waals surface area contributed by atoms with Gasteiger partial charge in [0.1, 0.15) is 17.9 Å². The van der Waals surface area contributed by atoms with E-state index in [0.717, 1.165) is 30.9 Å². The van der Waals surface area contributed by atoms with Gasteiger partial charge in [0.05, 0.1) is 0 Å². The zero-order chi connectivity index (χ0) is 14.6. The number of ether oxygens (including phenoxy) is 1. The first-order chi connectivity index (χ1) is 9.55. The Morgan fingerprint density at radius 2 is 2.25 bits per heavy atom. The van der Waals surface area contributed by atoms with Crippen molar-refractivity contribution in [2.24, 2.45) is 0 Å². The second-order valence-electron chi connectivity index (χ2n) is 5.37. The maximum atomic E-state index is 11.3. The molecule has 0 fully saturated rings. The highest BCUT2D eigenvalue weighted by atomic mass is 16.5. The largest absolute Gasteiger partial charge is 0.492 e. The molecule has 1 aliphatic rings. The standard InChI is InChI=1S/C15H22N2O3/c1-15(16-2,14(18)19)7-8-17-9-10-20-13-6-4-3-5-12(13)11-17/h3-6,16H,7-11H2,1-2H3,(H,18,19). The minimum absolute atomic E-state index is 0.557. The summed E-state index contributed by atoms with van der Waals surface area (Å²) in [4.78, 5) is 13.5. The number of likely N-dealkylation sites (N-methyl/N-ethyl adjacent to an activating group) is 1. The average molecular weight is 278 g/mol. The lowest BCUT2D eigenvalue weighted by atomic mass is 9.98. The van der Waals surface area contributed by atoms with Crippen molar-refractivity contribution in [1.29, 1.82) is 0 Å². The van der Waals surface area contributed by atoms with Crippen molar-refractivity contribution in [2.45, 2.75) is 25.4 Å². The molecule has 1 aromatic rings. The van der Waals surface area contributed by atoms with E-state index >= 15 is 0 Å². The molecule has 5 heteroatoms. The van der Waals surface area contributed by atoms with Gasteiger partial charge in [0.15, 0.2) is 0 Å². The number of nitrogens with one attached hydrogen (secondary N) is 1. The van der Waals surface area contributed by atoms with Crippen LogP contribution in [0, 0.1) is 0 Å². The summed E-state index contributed by atoms with van der Waals surface area (Å²) >= 11 is 0. The molecule has 5 nitrogen and oxygen atoms in total. The van der Waals surface area contributed by atoms with E-state index in [9.17, 15) is 9.90 Å². The van der Waals surface area contributed by atoms with Crippen LogP contribution in [0.4, 0.5) is 0 Å². The van der Waals surface area contributed by atoms with Crippen LogP contribution >= 0.6 is 0 Å². The van der Waals surface area contributed by atoms with Gasteiger partial charge in [-0.1, -0.05) is 18.2 Å². The molecule has 0 saturated heterocycles. The lowest BCUT2D eigenvalue weighted by Crippen LogP contribution is -2.49. The third-order valence-corrected chi connectivity index (χ3v) is 3.98. The SMILES string of the molecule is CNC(C)(CCN1CCOc2ccccc2C1)C(=O)O. The maximum Gasteiger partial charge on any atom is 0.323 e. The molecular weight excluding hydrogens is 256 g/mol.